The van der Waals surface area contributed by atoms with Gasteiger partial charge in [0.05, 0.1) is 18.3 Å². The minimum Gasteiger partial charge on any atom is -0.494 e. The van der Waals surface area contributed by atoms with E-state index in [1.54, 1.807) is 18.3 Å². The summed E-state index contributed by atoms with van der Waals surface area (Å²) >= 11 is 0. The number of hydrogen-bond acceptors (Lipinski definition) is 3. The lowest BCUT2D eigenvalue weighted by molar-refractivity contribution is 0.101. The molecule has 7 heteroatoms. The number of H-pyrrole nitrogens is 1. The molecule has 112 valence electrons. The highest BCUT2D eigenvalue weighted by molar-refractivity contribution is 6.06. The van der Waals surface area contributed by atoms with Gasteiger partial charge in [0, 0.05) is 17.6 Å². The molecular formula is C15H11F2N3O2. The lowest BCUT2D eigenvalue weighted by Gasteiger charge is -2.11. The van der Waals surface area contributed by atoms with Crippen molar-refractivity contribution in [1.82, 2.24) is 10.2 Å². The molecule has 2 N–H and O–H groups in total. The molecule has 0 spiro atoms. The Hall–Kier alpha value is -2.96. The van der Waals surface area contributed by atoms with Crippen LogP contribution in [0.15, 0.2) is 36.5 Å². The van der Waals surface area contributed by atoms with E-state index in [0.29, 0.717) is 17.0 Å². The summed E-state index contributed by atoms with van der Waals surface area (Å²) in [5, 5.41) is 9.86. The zero-order valence-corrected chi connectivity index (χ0v) is 11.5. The van der Waals surface area contributed by atoms with Crippen molar-refractivity contribution in [2.24, 2.45) is 0 Å². The van der Waals surface area contributed by atoms with Crippen LogP contribution in [-0.2, 0) is 0 Å². The second-order valence-corrected chi connectivity index (χ2v) is 4.55. The number of halogens is 2. The quantitative estimate of drug-likeness (QED) is 0.781. The number of nitrogens with zero attached hydrogens (tertiary/aromatic N) is 1. The van der Waals surface area contributed by atoms with Crippen molar-refractivity contribution in [3.63, 3.8) is 0 Å². The van der Waals surface area contributed by atoms with Crippen LogP contribution in [0.5, 0.6) is 5.75 Å². The number of carbonyl (C=O) groups is 1. The molecule has 1 heterocycles. The van der Waals surface area contributed by atoms with Crippen molar-refractivity contribution in [1.29, 1.82) is 0 Å². The number of rotatable bonds is 3. The normalized spacial score (nSPS) is 10.7. The number of carbonyl (C=O) groups excluding carboxylic acids is 1. The van der Waals surface area contributed by atoms with Crippen molar-refractivity contribution in [3.8, 4) is 5.75 Å². The molecule has 0 aliphatic rings. The molecule has 0 aliphatic carbocycles. The number of aromatic amines is 1. The molecule has 1 aromatic heterocycles. The van der Waals surface area contributed by atoms with E-state index in [1.807, 2.05) is 0 Å². The van der Waals surface area contributed by atoms with Crippen LogP contribution >= 0.6 is 0 Å². The van der Waals surface area contributed by atoms with Gasteiger partial charge in [-0.25, -0.2) is 8.78 Å². The summed E-state index contributed by atoms with van der Waals surface area (Å²) in [5.41, 5.74) is 0.299. The van der Waals surface area contributed by atoms with Crippen LogP contribution in [-0.4, -0.2) is 23.2 Å². The number of amides is 1. The van der Waals surface area contributed by atoms with Gasteiger partial charge in [0.25, 0.3) is 5.91 Å². The number of anilines is 1. The summed E-state index contributed by atoms with van der Waals surface area (Å²) in [6.07, 6.45) is 1.63. The van der Waals surface area contributed by atoms with Crippen molar-refractivity contribution in [2.45, 2.75) is 0 Å². The molecule has 3 aromatic rings. The smallest absolute Gasteiger partial charge is 0.261 e. The summed E-state index contributed by atoms with van der Waals surface area (Å²) in [6.45, 7) is 0. The number of methoxy groups -OCH3 is 1. The summed E-state index contributed by atoms with van der Waals surface area (Å²) in [5.74, 6) is -2.41. The first-order valence-electron chi connectivity index (χ1n) is 6.37. The lowest BCUT2D eigenvalue weighted by atomic mass is 10.1. The fourth-order valence-electron chi connectivity index (χ4n) is 2.14. The van der Waals surface area contributed by atoms with Gasteiger partial charge in [-0.3, -0.25) is 9.89 Å². The van der Waals surface area contributed by atoms with Crippen molar-refractivity contribution >= 4 is 22.5 Å². The van der Waals surface area contributed by atoms with Crippen LogP contribution in [0.2, 0.25) is 0 Å². The first-order chi connectivity index (χ1) is 10.6. The minimum atomic E-state index is -0.930. The molecule has 2 aromatic carbocycles. The zero-order chi connectivity index (χ0) is 15.7. The van der Waals surface area contributed by atoms with E-state index in [-0.39, 0.29) is 0 Å². The molecule has 0 saturated carbocycles. The number of ether oxygens (including phenoxy) is 1. The van der Waals surface area contributed by atoms with E-state index < -0.39 is 23.1 Å². The average Bonchev–Trinajstić information content (AvgIpc) is 2.93. The summed E-state index contributed by atoms with van der Waals surface area (Å²) in [6, 6.07) is 6.45. The second-order valence-electron chi connectivity index (χ2n) is 4.55. The lowest BCUT2D eigenvalue weighted by Crippen LogP contribution is -2.16. The first-order valence-corrected chi connectivity index (χ1v) is 6.37. The van der Waals surface area contributed by atoms with E-state index in [0.717, 1.165) is 17.5 Å². The second kappa shape index (κ2) is 5.44. The van der Waals surface area contributed by atoms with Crippen LogP contribution in [0.3, 0.4) is 0 Å². The highest BCUT2D eigenvalue weighted by atomic mass is 19.1. The maximum atomic E-state index is 13.6. The Morgan fingerprint density at radius 1 is 1.27 bits per heavy atom. The first kappa shape index (κ1) is 14.0. The van der Waals surface area contributed by atoms with Gasteiger partial charge in [0.2, 0.25) is 0 Å². The Morgan fingerprint density at radius 3 is 2.68 bits per heavy atom. The number of aromatic nitrogens is 2. The SMILES string of the molecule is COc1cc2n[nH]cc2cc1NC(=O)c1c(F)cccc1F. The molecular weight excluding hydrogens is 292 g/mol. The van der Waals surface area contributed by atoms with Crippen LogP contribution in [0.25, 0.3) is 10.9 Å². The Labute approximate surface area is 123 Å². The third kappa shape index (κ3) is 2.37. The maximum Gasteiger partial charge on any atom is 0.261 e. The fraction of sp³-hybridized carbons (Fsp3) is 0.0667. The van der Waals surface area contributed by atoms with Gasteiger partial charge in [0.15, 0.2) is 0 Å². The Balaban J connectivity index is 2.00. The van der Waals surface area contributed by atoms with E-state index in [4.69, 9.17) is 4.74 Å². The van der Waals surface area contributed by atoms with Gasteiger partial charge >= 0.3 is 0 Å². The monoisotopic (exact) mass is 303 g/mol. The van der Waals surface area contributed by atoms with Gasteiger partial charge in [-0.1, -0.05) is 6.07 Å². The number of nitrogens with one attached hydrogen (secondary N) is 2. The van der Waals surface area contributed by atoms with Crippen LogP contribution in [0.1, 0.15) is 10.4 Å². The van der Waals surface area contributed by atoms with Gasteiger partial charge < -0.3 is 10.1 Å². The van der Waals surface area contributed by atoms with E-state index >= 15 is 0 Å². The average molecular weight is 303 g/mol. The standard InChI is InChI=1S/C15H11F2N3O2/c1-22-13-6-11-8(7-18-20-11)5-12(13)19-15(21)14-9(16)3-2-4-10(14)17/h2-7H,1H3,(H,18,20)(H,19,21). The molecule has 0 saturated heterocycles. The number of fused-ring (bicyclic) bond motifs is 1. The van der Waals surface area contributed by atoms with E-state index in [1.165, 1.54) is 13.2 Å². The summed E-state index contributed by atoms with van der Waals surface area (Å²) < 4.78 is 32.4. The van der Waals surface area contributed by atoms with Crippen molar-refractivity contribution < 1.29 is 18.3 Å². The Kier molecular flexibility index (Phi) is 3.46. The molecule has 0 radical (unpaired) electrons. The summed E-state index contributed by atoms with van der Waals surface area (Å²) in [4.78, 5) is 12.1. The molecule has 1 amide bonds. The predicted molar refractivity (Wildman–Crippen MR) is 77.0 cm³/mol. The highest BCUT2D eigenvalue weighted by Crippen LogP contribution is 2.30. The number of hydrogen-bond donors (Lipinski definition) is 2. The molecule has 0 bridgehead atoms. The zero-order valence-electron chi connectivity index (χ0n) is 11.5. The molecule has 0 aliphatic heterocycles. The largest absolute Gasteiger partial charge is 0.494 e. The maximum absolute atomic E-state index is 13.6. The van der Waals surface area contributed by atoms with Gasteiger partial charge in [0.1, 0.15) is 22.9 Å². The Morgan fingerprint density at radius 2 is 2.00 bits per heavy atom. The van der Waals surface area contributed by atoms with E-state index in [9.17, 15) is 13.6 Å². The topological polar surface area (TPSA) is 67.0 Å². The van der Waals surface area contributed by atoms with Crippen LogP contribution in [0.4, 0.5) is 14.5 Å². The van der Waals surface area contributed by atoms with Crippen LogP contribution < -0.4 is 10.1 Å². The van der Waals surface area contributed by atoms with Gasteiger partial charge in [-0.2, -0.15) is 5.10 Å². The minimum absolute atomic E-state index is 0.295. The highest BCUT2D eigenvalue weighted by Gasteiger charge is 2.19. The molecule has 22 heavy (non-hydrogen) atoms. The van der Waals surface area contributed by atoms with Crippen molar-refractivity contribution in [3.05, 3.63) is 53.7 Å². The fourth-order valence-corrected chi connectivity index (χ4v) is 2.14. The van der Waals surface area contributed by atoms with Gasteiger partial charge in [-0.05, 0) is 18.2 Å². The molecule has 3 rings (SSSR count). The Bertz CT molecular complexity index is 841. The third-order valence-corrected chi connectivity index (χ3v) is 3.19. The van der Waals surface area contributed by atoms with Crippen molar-refractivity contribution in [2.75, 3.05) is 12.4 Å². The van der Waals surface area contributed by atoms with E-state index in [2.05, 4.69) is 15.5 Å². The van der Waals surface area contributed by atoms with Crippen LogP contribution in [0, 0.1) is 11.6 Å². The summed E-state index contributed by atoms with van der Waals surface area (Å²) in [7, 11) is 1.42. The molecule has 0 unspecified atom stereocenters. The number of benzene rings is 2. The molecule has 0 atom stereocenters. The van der Waals surface area contributed by atoms with Gasteiger partial charge in [-0.15, -0.1) is 0 Å². The molecule has 5 nitrogen and oxygen atoms in total. The predicted octanol–water partition coefficient (Wildman–Crippen LogP) is 3.10. The molecule has 0 fully saturated rings. The third-order valence-electron chi connectivity index (χ3n) is 3.19.